The minimum absolute atomic E-state index is 0.0754. The molecule has 0 fully saturated rings. The van der Waals surface area contributed by atoms with Gasteiger partial charge in [-0.1, -0.05) is 18.2 Å². The molecule has 0 aromatic heterocycles. The fourth-order valence-electron chi connectivity index (χ4n) is 3.01. The summed E-state index contributed by atoms with van der Waals surface area (Å²) in [5, 5.41) is 9.06. The Balaban J connectivity index is 1.66. The largest absolute Gasteiger partial charge is 0.438 e. The molecule has 0 saturated heterocycles. The molecule has 4 rings (SSSR count). The minimum atomic E-state index is -0.949. The number of nitrogens with zero attached hydrogens (tertiary/aromatic N) is 2. The number of hydrogen-bond acceptors (Lipinski definition) is 5. The average Bonchev–Trinajstić information content (AvgIpc) is 3.05. The van der Waals surface area contributed by atoms with Crippen molar-refractivity contribution in [1.29, 1.82) is 5.26 Å². The maximum atomic E-state index is 12.4. The molecule has 6 nitrogen and oxygen atoms in total. The first kappa shape index (κ1) is 14.2. The van der Waals surface area contributed by atoms with Crippen molar-refractivity contribution in [2.75, 3.05) is 0 Å². The molecule has 0 bridgehead atoms. The lowest BCUT2D eigenvalue weighted by Crippen LogP contribution is -2.29. The number of imide groups is 1. The number of cyclic esters (lactones) is 1. The molecule has 1 unspecified atom stereocenters. The van der Waals surface area contributed by atoms with E-state index in [0.29, 0.717) is 27.8 Å². The van der Waals surface area contributed by atoms with E-state index >= 15 is 0 Å². The van der Waals surface area contributed by atoms with Gasteiger partial charge < -0.3 is 4.74 Å². The lowest BCUT2D eigenvalue weighted by atomic mass is 10.0. The van der Waals surface area contributed by atoms with Gasteiger partial charge in [0, 0.05) is 5.56 Å². The van der Waals surface area contributed by atoms with Crippen LogP contribution in [0.15, 0.2) is 42.5 Å². The minimum Gasteiger partial charge on any atom is -0.438 e. The van der Waals surface area contributed by atoms with Gasteiger partial charge in [0.25, 0.3) is 11.8 Å². The van der Waals surface area contributed by atoms with E-state index in [0.717, 1.165) is 4.90 Å². The van der Waals surface area contributed by atoms with Gasteiger partial charge in [0.2, 0.25) is 6.10 Å². The highest BCUT2D eigenvalue weighted by Gasteiger charge is 2.36. The fraction of sp³-hybridized carbons (Fsp3) is 0.111. The predicted molar refractivity (Wildman–Crippen MR) is 80.9 cm³/mol. The number of hydrogen-bond donors (Lipinski definition) is 0. The highest BCUT2D eigenvalue weighted by molar-refractivity contribution is 6.21. The van der Waals surface area contributed by atoms with Crippen LogP contribution in [0.3, 0.4) is 0 Å². The summed E-state index contributed by atoms with van der Waals surface area (Å²) >= 11 is 0. The van der Waals surface area contributed by atoms with Crippen LogP contribution in [0.2, 0.25) is 0 Å². The lowest BCUT2D eigenvalue weighted by Gasteiger charge is -2.14. The maximum absolute atomic E-state index is 12.4. The van der Waals surface area contributed by atoms with Crippen LogP contribution < -0.4 is 0 Å². The molecule has 0 N–H and O–H groups in total. The number of benzene rings is 2. The number of esters is 1. The van der Waals surface area contributed by atoms with Crippen LogP contribution in [0.25, 0.3) is 0 Å². The first-order valence-electron chi connectivity index (χ1n) is 7.29. The van der Waals surface area contributed by atoms with Crippen molar-refractivity contribution < 1.29 is 19.1 Å². The van der Waals surface area contributed by atoms with Crippen molar-refractivity contribution in [2.24, 2.45) is 0 Å². The number of carbonyl (C=O) groups is 3. The number of carbonyl (C=O) groups excluding carboxylic acids is 3. The molecule has 2 aliphatic heterocycles. The highest BCUT2D eigenvalue weighted by atomic mass is 16.5. The molecule has 2 heterocycles. The quantitative estimate of drug-likeness (QED) is 0.626. The Hall–Kier alpha value is -3.46. The van der Waals surface area contributed by atoms with Crippen molar-refractivity contribution in [2.45, 2.75) is 12.6 Å². The summed E-state index contributed by atoms with van der Waals surface area (Å²) in [4.78, 5) is 37.6. The van der Waals surface area contributed by atoms with E-state index < -0.39 is 12.1 Å². The monoisotopic (exact) mass is 318 g/mol. The molecule has 6 heteroatoms. The summed E-state index contributed by atoms with van der Waals surface area (Å²) in [6.07, 6.45) is -0.949. The second-order valence-corrected chi connectivity index (χ2v) is 5.58. The van der Waals surface area contributed by atoms with Crippen LogP contribution in [0, 0.1) is 11.3 Å². The molecule has 2 amide bonds. The number of rotatable bonds is 2. The third kappa shape index (κ3) is 1.92. The van der Waals surface area contributed by atoms with Gasteiger partial charge in [0.05, 0.1) is 23.2 Å². The van der Waals surface area contributed by atoms with Gasteiger partial charge in [0.1, 0.15) is 6.07 Å². The predicted octanol–water partition coefficient (Wildman–Crippen LogP) is 2.22. The van der Waals surface area contributed by atoms with Crippen molar-refractivity contribution >= 4 is 17.8 Å². The second-order valence-electron chi connectivity index (χ2n) is 5.58. The molecule has 2 aliphatic rings. The van der Waals surface area contributed by atoms with Crippen molar-refractivity contribution in [3.63, 3.8) is 0 Å². The van der Waals surface area contributed by atoms with Gasteiger partial charge >= 0.3 is 5.97 Å². The molecule has 0 radical (unpaired) electrons. The zero-order chi connectivity index (χ0) is 16.8. The topological polar surface area (TPSA) is 87.5 Å². The van der Waals surface area contributed by atoms with E-state index in [1.165, 1.54) is 0 Å². The van der Waals surface area contributed by atoms with Crippen molar-refractivity contribution in [3.05, 3.63) is 70.3 Å². The molecule has 116 valence electrons. The molecule has 24 heavy (non-hydrogen) atoms. The first-order valence-corrected chi connectivity index (χ1v) is 7.29. The summed E-state index contributed by atoms with van der Waals surface area (Å²) in [6, 6.07) is 13.4. The summed E-state index contributed by atoms with van der Waals surface area (Å²) in [6.45, 7) is 0.0754. The molecule has 1 atom stereocenters. The van der Waals surface area contributed by atoms with Gasteiger partial charge in [0.15, 0.2) is 0 Å². The summed E-state index contributed by atoms with van der Waals surface area (Å²) in [7, 11) is 0. The first-order chi connectivity index (χ1) is 11.6. The molecule has 0 spiro atoms. The number of ether oxygens (including phenoxy) is 1. The SMILES string of the molecule is N#CC1OC(=O)c2ccc(CN3C(=O)c4ccccc4C3=O)cc21. The van der Waals surface area contributed by atoms with E-state index in [-0.39, 0.29) is 18.4 Å². The molecular formula is C18H10N2O4. The van der Waals surface area contributed by atoms with E-state index in [2.05, 4.69) is 0 Å². The molecule has 0 saturated carbocycles. The maximum Gasteiger partial charge on any atom is 0.340 e. The van der Waals surface area contributed by atoms with E-state index in [1.807, 2.05) is 6.07 Å². The molecule has 2 aromatic carbocycles. The molecule has 0 aliphatic carbocycles. The molecule has 2 aromatic rings. The van der Waals surface area contributed by atoms with E-state index in [1.54, 1.807) is 42.5 Å². The van der Waals surface area contributed by atoms with Gasteiger partial charge in [-0.2, -0.15) is 5.26 Å². The summed E-state index contributed by atoms with van der Waals surface area (Å²) in [5.74, 6) is -1.23. The zero-order valence-corrected chi connectivity index (χ0v) is 12.4. The zero-order valence-electron chi connectivity index (χ0n) is 12.4. The van der Waals surface area contributed by atoms with E-state index in [4.69, 9.17) is 10.00 Å². The van der Waals surface area contributed by atoms with Crippen LogP contribution in [0.1, 0.15) is 48.3 Å². The van der Waals surface area contributed by atoms with Crippen molar-refractivity contribution in [3.8, 4) is 6.07 Å². The van der Waals surface area contributed by atoms with Gasteiger partial charge in [-0.05, 0) is 29.8 Å². The van der Waals surface area contributed by atoms with Crippen LogP contribution in [-0.2, 0) is 11.3 Å². The third-order valence-electron chi connectivity index (χ3n) is 4.18. The Kier molecular flexibility index (Phi) is 2.97. The Labute approximate surface area is 136 Å². The van der Waals surface area contributed by atoms with E-state index in [9.17, 15) is 14.4 Å². The second kappa shape index (κ2) is 5.03. The molecular weight excluding hydrogens is 308 g/mol. The van der Waals surface area contributed by atoms with Crippen LogP contribution in [0.5, 0.6) is 0 Å². The van der Waals surface area contributed by atoms with Crippen LogP contribution >= 0.6 is 0 Å². The lowest BCUT2D eigenvalue weighted by molar-refractivity contribution is 0.0477. The number of nitriles is 1. The van der Waals surface area contributed by atoms with Gasteiger partial charge in [-0.3, -0.25) is 14.5 Å². The fourth-order valence-corrected chi connectivity index (χ4v) is 3.01. The highest BCUT2D eigenvalue weighted by Crippen LogP contribution is 2.32. The van der Waals surface area contributed by atoms with Crippen molar-refractivity contribution in [1.82, 2.24) is 4.90 Å². The number of fused-ring (bicyclic) bond motifs is 2. The Morgan fingerprint density at radius 1 is 1.00 bits per heavy atom. The van der Waals surface area contributed by atoms with Gasteiger partial charge in [-0.25, -0.2) is 4.79 Å². The normalized spacial score (nSPS) is 18.2. The number of amides is 2. The smallest absolute Gasteiger partial charge is 0.340 e. The van der Waals surface area contributed by atoms with Gasteiger partial charge in [-0.15, -0.1) is 0 Å². The van der Waals surface area contributed by atoms with Crippen LogP contribution in [0.4, 0.5) is 0 Å². The summed E-state index contributed by atoms with van der Waals surface area (Å²) in [5.41, 5.74) is 2.24. The Morgan fingerprint density at radius 3 is 2.29 bits per heavy atom. The standard InChI is InChI=1S/C18H10N2O4/c19-8-15-14-7-10(5-6-13(14)18(23)24-15)9-20-16(21)11-3-1-2-4-12(11)17(20)22/h1-7,15H,9H2. The Bertz CT molecular complexity index is 923. The van der Waals surface area contributed by atoms with Crippen LogP contribution in [-0.4, -0.2) is 22.7 Å². The summed E-state index contributed by atoms with van der Waals surface area (Å²) < 4.78 is 4.95. The Morgan fingerprint density at radius 2 is 1.67 bits per heavy atom. The third-order valence-corrected chi connectivity index (χ3v) is 4.18. The average molecular weight is 318 g/mol.